The molecule has 0 aromatic heterocycles. The van der Waals surface area contributed by atoms with Gasteiger partial charge in [0.2, 0.25) is 0 Å². The highest BCUT2D eigenvalue weighted by molar-refractivity contribution is 9.09. The topological polar surface area (TPSA) is 43.4 Å². The zero-order valence-electron chi connectivity index (χ0n) is 19.3. The highest BCUT2D eigenvalue weighted by Crippen LogP contribution is 2.67. The molecule has 170 valence electrons. The maximum Gasteiger partial charge on any atom is 0.306 e. The number of carbonyl (C=O) groups is 2. The van der Waals surface area contributed by atoms with Gasteiger partial charge in [-0.05, 0) is 112 Å². The minimum atomic E-state index is 0.00732. The van der Waals surface area contributed by atoms with Crippen LogP contribution in [0.25, 0.3) is 0 Å². The molecule has 0 aromatic carbocycles. The fraction of sp³-hybridized carbons (Fsp3) is 0.923. The first-order chi connectivity index (χ1) is 14.3. The second-order valence-electron chi connectivity index (χ2n) is 11.5. The summed E-state index contributed by atoms with van der Waals surface area (Å²) >= 11 is 3.43. The number of hydrogen-bond acceptors (Lipinski definition) is 3. The van der Waals surface area contributed by atoms with Crippen LogP contribution in [0.15, 0.2) is 0 Å². The lowest BCUT2D eigenvalue weighted by atomic mass is 9.44. The van der Waals surface area contributed by atoms with Crippen molar-refractivity contribution in [2.24, 2.45) is 40.4 Å². The SMILES string of the molecule is CC(=O)[C@H]1CC[C@H]2[C@@H]3CC[C@H]4C[C@H](OC(=O)CCCCBr)CC[C@]4(C)[C@H]3CC[C@]12C. The van der Waals surface area contributed by atoms with Gasteiger partial charge in [0.05, 0.1) is 0 Å². The van der Waals surface area contributed by atoms with Crippen LogP contribution in [0, 0.1) is 40.4 Å². The molecule has 0 heterocycles. The summed E-state index contributed by atoms with van der Waals surface area (Å²) in [6.45, 7) is 6.82. The predicted octanol–water partition coefficient (Wildman–Crippen LogP) is 6.71. The number of rotatable bonds is 6. The van der Waals surface area contributed by atoms with E-state index in [1.165, 1.54) is 38.5 Å². The standard InChI is InChI=1S/C26H41BrO3/c1-17(28)21-9-10-22-20-8-7-18-16-19(30-24(29)6-4-5-15-27)11-13-25(18,2)23(20)12-14-26(21,22)3/h18-23H,4-16H2,1-3H3/t18-,19+,20-,21+,22-,23-,25-,26+/m0/s1. The highest BCUT2D eigenvalue weighted by Gasteiger charge is 2.60. The van der Waals surface area contributed by atoms with Crippen molar-refractivity contribution in [3.8, 4) is 0 Å². The minimum absolute atomic E-state index is 0.00732. The number of unbranched alkanes of at least 4 members (excludes halogenated alkanes) is 1. The second kappa shape index (κ2) is 8.87. The number of ketones is 1. The van der Waals surface area contributed by atoms with Crippen molar-refractivity contribution in [3.05, 3.63) is 0 Å². The van der Waals surface area contributed by atoms with E-state index in [1.54, 1.807) is 0 Å². The third-order valence-corrected chi connectivity index (χ3v) is 10.7. The van der Waals surface area contributed by atoms with E-state index in [9.17, 15) is 9.59 Å². The Morgan fingerprint density at radius 1 is 0.933 bits per heavy atom. The van der Waals surface area contributed by atoms with Gasteiger partial charge in [-0.1, -0.05) is 29.8 Å². The van der Waals surface area contributed by atoms with Crippen molar-refractivity contribution < 1.29 is 14.3 Å². The normalized spacial score (nSPS) is 45.2. The monoisotopic (exact) mass is 480 g/mol. The molecule has 0 radical (unpaired) electrons. The number of ether oxygens (including phenoxy) is 1. The van der Waals surface area contributed by atoms with Crippen molar-refractivity contribution in [1.29, 1.82) is 0 Å². The zero-order chi connectivity index (χ0) is 21.5. The first-order valence-electron chi connectivity index (χ1n) is 12.6. The fourth-order valence-corrected chi connectivity index (χ4v) is 9.00. The Bertz CT molecular complexity index is 663. The summed E-state index contributed by atoms with van der Waals surface area (Å²) < 4.78 is 5.90. The van der Waals surface area contributed by atoms with Gasteiger partial charge in [-0.3, -0.25) is 9.59 Å². The molecule has 4 aliphatic carbocycles. The van der Waals surface area contributed by atoms with E-state index in [0.717, 1.165) is 55.2 Å². The van der Waals surface area contributed by atoms with Crippen LogP contribution in [-0.4, -0.2) is 23.2 Å². The summed E-state index contributed by atoms with van der Waals surface area (Å²) in [5, 5.41) is 0.958. The summed E-state index contributed by atoms with van der Waals surface area (Å²) in [6, 6.07) is 0. The molecule has 0 spiro atoms. The second-order valence-corrected chi connectivity index (χ2v) is 12.3. The van der Waals surface area contributed by atoms with Crippen molar-refractivity contribution in [2.45, 2.75) is 104 Å². The van der Waals surface area contributed by atoms with Crippen LogP contribution in [0.5, 0.6) is 0 Å². The van der Waals surface area contributed by atoms with Crippen LogP contribution in [0.4, 0.5) is 0 Å². The van der Waals surface area contributed by atoms with Crippen molar-refractivity contribution in [2.75, 3.05) is 5.33 Å². The Labute approximate surface area is 191 Å². The molecule has 0 bridgehead atoms. The van der Waals surface area contributed by atoms with Crippen molar-refractivity contribution >= 4 is 27.7 Å². The van der Waals surface area contributed by atoms with Crippen LogP contribution in [0.1, 0.15) is 97.8 Å². The first-order valence-corrected chi connectivity index (χ1v) is 13.7. The molecule has 4 fully saturated rings. The number of esters is 1. The van der Waals surface area contributed by atoms with E-state index in [-0.39, 0.29) is 17.5 Å². The van der Waals surface area contributed by atoms with Crippen LogP contribution in [0.2, 0.25) is 0 Å². The van der Waals surface area contributed by atoms with E-state index in [1.807, 2.05) is 6.92 Å². The van der Waals surface area contributed by atoms with Crippen LogP contribution in [0.3, 0.4) is 0 Å². The van der Waals surface area contributed by atoms with Crippen molar-refractivity contribution in [1.82, 2.24) is 0 Å². The number of fused-ring (bicyclic) bond motifs is 5. The number of halogens is 1. The van der Waals surface area contributed by atoms with Gasteiger partial charge in [-0.25, -0.2) is 0 Å². The number of Topliss-reactive ketones (excluding diaryl/α,β-unsaturated/α-hetero) is 1. The lowest BCUT2D eigenvalue weighted by Gasteiger charge is -2.61. The summed E-state index contributed by atoms with van der Waals surface area (Å²) in [5.41, 5.74) is 0.648. The lowest BCUT2D eigenvalue weighted by Crippen LogP contribution is -2.54. The van der Waals surface area contributed by atoms with E-state index in [4.69, 9.17) is 4.74 Å². The number of hydrogen-bond donors (Lipinski definition) is 0. The predicted molar refractivity (Wildman–Crippen MR) is 123 cm³/mol. The van der Waals surface area contributed by atoms with Gasteiger partial charge in [-0.2, -0.15) is 0 Å². The maximum atomic E-state index is 12.3. The summed E-state index contributed by atoms with van der Waals surface area (Å²) in [5.74, 6) is 3.78. The largest absolute Gasteiger partial charge is 0.462 e. The summed E-state index contributed by atoms with van der Waals surface area (Å²) in [6.07, 6.45) is 13.5. The molecule has 4 rings (SSSR count). The third kappa shape index (κ3) is 3.92. The molecule has 0 saturated heterocycles. The van der Waals surface area contributed by atoms with E-state index >= 15 is 0 Å². The Morgan fingerprint density at radius 2 is 1.67 bits per heavy atom. The van der Waals surface area contributed by atoms with E-state index in [0.29, 0.717) is 29.5 Å². The fourth-order valence-electron chi connectivity index (χ4n) is 8.60. The Morgan fingerprint density at radius 3 is 2.40 bits per heavy atom. The van der Waals surface area contributed by atoms with Gasteiger partial charge >= 0.3 is 5.97 Å². The van der Waals surface area contributed by atoms with E-state index in [2.05, 4.69) is 29.8 Å². The molecule has 0 aromatic rings. The smallest absolute Gasteiger partial charge is 0.306 e. The van der Waals surface area contributed by atoms with Gasteiger partial charge < -0.3 is 4.74 Å². The van der Waals surface area contributed by atoms with Crippen LogP contribution in [-0.2, 0) is 14.3 Å². The Kier molecular flexibility index (Phi) is 6.74. The third-order valence-electron chi connectivity index (χ3n) is 10.2. The molecular weight excluding hydrogens is 440 g/mol. The summed E-state index contributed by atoms with van der Waals surface area (Å²) in [7, 11) is 0. The molecule has 4 aliphatic rings. The molecule has 3 nitrogen and oxygen atoms in total. The molecule has 4 heteroatoms. The molecule has 0 amide bonds. The minimum Gasteiger partial charge on any atom is -0.462 e. The average molecular weight is 482 g/mol. The van der Waals surface area contributed by atoms with E-state index < -0.39 is 0 Å². The van der Waals surface area contributed by atoms with Gasteiger partial charge in [-0.15, -0.1) is 0 Å². The quantitative estimate of drug-likeness (QED) is 0.241. The Hall–Kier alpha value is -0.380. The molecule has 4 saturated carbocycles. The Balaban J connectivity index is 1.40. The van der Waals surface area contributed by atoms with Crippen LogP contribution < -0.4 is 0 Å². The zero-order valence-corrected chi connectivity index (χ0v) is 20.8. The molecule has 30 heavy (non-hydrogen) atoms. The molecule has 0 N–H and O–H groups in total. The van der Waals surface area contributed by atoms with Gasteiger partial charge in [0.15, 0.2) is 0 Å². The maximum absolute atomic E-state index is 12.3. The number of alkyl halides is 1. The van der Waals surface area contributed by atoms with Gasteiger partial charge in [0.1, 0.15) is 11.9 Å². The average Bonchev–Trinajstić information content (AvgIpc) is 3.06. The van der Waals surface area contributed by atoms with Crippen LogP contribution >= 0.6 is 15.9 Å². The summed E-state index contributed by atoms with van der Waals surface area (Å²) in [4.78, 5) is 24.6. The lowest BCUT2D eigenvalue weighted by molar-refractivity contribution is -0.163. The number of carbonyl (C=O) groups excluding carboxylic acids is 2. The van der Waals surface area contributed by atoms with Crippen molar-refractivity contribution in [3.63, 3.8) is 0 Å². The van der Waals surface area contributed by atoms with Gasteiger partial charge in [0, 0.05) is 17.7 Å². The molecule has 0 unspecified atom stereocenters. The molecule has 8 atom stereocenters. The molecular formula is C26H41BrO3. The van der Waals surface area contributed by atoms with Gasteiger partial charge in [0.25, 0.3) is 0 Å². The molecule has 0 aliphatic heterocycles. The highest BCUT2D eigenvalue weighted by atomic mass is 79.9. The first kappa shape index (κ1) is 22.8.